The van der Waals surface area contributed by atoms with Crippen molar-refractivity contribution >= 4 is 21.9 Å². The minimum Gasteiger partial charge on any atom is -0.481 e. The van der Waals surface area contributed by atoms with Crippen LogP contribution < -0.4 is 4.74 Å². The van der Waals surface area contributed by atoms with Crippen molar-refractivity contribution in [1.82, 2.24) is 4.98 Å². The standard InChI is InChI=1S/C11H14BrNO3/c1-7(11(2,3)10(14)15)16-9-5-4-8(12)6-13-9/h4-7H,1-3H3,(H,14,15). The van der Waals surface area contributed by atoms with Crippen molar-refractivity contribution in [3.63, 3.8) is 0 Å². The molecule has 0 aromatic carbocycles. The van der Waals surface area contributed by atoms with Crippen LogP contribution in [0.15, 0.2) is 22.8 Å². The number of ether oxygens (including phenoxy) is 1. The molecule has 0 saturated heterocycles. The van der Waals surface area contributed by atoms with E-state index in [0.29, 0.717) is 5.88 Å². The second-order valence-corrected chi connectivity index (χ2v) is 5.02. The molecule has 0 saturated carbocycles. The molecule has 16 heavy (non-hydrogen) atoms. The van der Waals surface area contributed by atoms with Gasteiger partial charge in [-0.25, -0.2) is 4.98 Å². The molecule has 1 unspecified atom stereocenters. The van der Waals surface area contributed by atoms with Gasteiger partial charge in [-0.2, -0.15) is 0 Å². The van der Waals surface area contributed by atoms with Crippen molar-refractivity contribution in [3.05, 3.63) is 22.8 Å². The number of nitrogens with zero attached hydrogens (tertiary/aromatic N) is 1. The van der Waals surface area contributed by atoms with E-state index in [-0.39, 0.29) is 0 Å². The zero-order valence-electron chi connectivity index (χ0n) is 9.40. The highest BCUT2D eigenvalue weighted by Gasteiger charge is 2.35. The fourth-order valence-electron chi connectivity index (χ4n) is 0.934. The lowest BCUT2D eigenvalue weighted by Crippen LogP contribution is -2.39. The van der Waals surface area contributed by atoms with Crippen LogP contribution in [-0.4, -0.2) is 22.2 Å². The number of rotatable bonds is 4. The Balaban J connectivity index is 2.75. The number of halogens is 1. The van der Waals surface area contributed by atoms with Gasteiger partial charge in [0.15, 0.2) is 0 Å². The molecule has 5 heteroatoms. The third-order valence-corrected chi connectivity index (χ3v) is 3.03. The van der Waals surface area contributed by atoms with E-state index in [0.717, 1.165) is 4.47 Å². The first-order valence-electron chi connectivity index (χ1n) is 4.85. The van der Waals surface area contributed by atoms with E-state index < -0.39 is 17.5 Å². The average Bonchev–Trinajstić information content (AvgIpc) is 2.21. The van der Waals surface area contributed by atoms with Crippen LogP contribution in [0.1, 0.15) is 20.8 Å². The lowest BCUT2D eigenvalue weighted by atomic mass is 9.88. The minimum absolute atomic E-state index is 0.421. The third-order valence-electron chi connectivity index (χ3n) is 2.57. The molecule has 0 spiro atoms. The molecule has 1 aromatic heterocycles. The quantitative estimate of drug-likeness (QED) is 0.925. The van der Waals surface area contributed by atoms with Crippen LogP contribution in [0.5, 0.6) is 5.88 Å². The Hall–Kier alpha value is -1.10. The molecule has 0 radical (unpaired) electrons. The Bertz CT molecular complexity index is 375. The number of hydrogen-bond acceptors (Lipinski definition) is 3. The van der Waals surface area contributed by atoms with Crippen LogP contribution in [0.2, 0.25) is 0 Å². The molecule has 0 aliphatic rings. The zero-order valence-corrected chi connectivity index (χ0v) is 11.0. The number of hydrogen-bond donors (Lipinski definition) is 1. The zero-order chi connectivity index (χ0) is 12.3. The maximum absolute atomic E-state index is 11.0. The van der Waals surface area contributed by atoms with Crippen molar-refractivity contribution in [2.75, 3.05) is 0 Å². The largest absolute Gasteiger partial charge is 0.481 e. The predicted molar refractivity (Wildman–Crippen MR) is 63.4 cm³/mol. The Morgan fingerprint density at radius 1 is 1.56 bits per heavy atom. The second-order valence-electron chi connectivity index (χ2n) is 4.10. The van der Waals surface area contributed by atoms with E-state index in [9.17, 15) is 4.79 Å². The van der Waals surface area contributed by atoms with Gasteiger partial charge in [-0.3, -0.25) is 4.79 Å². The summed E-state index contributed by atoms with van der Waals surface area (Å²) < 4.78 is 6.33. The summed E-state index contributed by atoms with van der Waals surface area (Å²) in [6.07, 6.45) is 1.15. The molecule has 0 aliphatic heterocycles. The summed E-state index contributed by atoms with van der Waals surface area (Å²) in [4.78, 5) is 15.0. The molecule has 0 amide bonds. The lowest BCUT2D eigenvalue weighted by Gasteiger charge is -2.27. The van der Waals surface area contributed by atoms with Gasteiger partial charge in [-0.1, -0.05) is 0 Å². The number of carboxylic acids is 1. The molecular weight excluding hydrogens is 274 g/mol. The van der Waals surface area contributed by atoms with Gasteiger partial charge in [-0.15, -0.1) is 0 Å². The third kappa shape index (κ3) is 2.95. The van der Waals surface area contributed by atoms with Crippen molar-refractivity contribution < 1.29 is 14.6 Å². The first-order valence-corrected chi connectivity index (χ1v) is 5.65. The van der Waals surface area contributed by atoms with Gasteiger partial charge in [0.1, 0.15) is 6.10 Å². The van der Waals surface area contributed by atoms with E-state index in [4.69, 9.17) is 9.84 Å². The fourth-order valence-corrected chi connectivity index (χ4v) is 1.17. The fraction of sp³-hybridized carbons (Fsp3) is 0.455. The van der Waals surface area contributed by atoms with Gasteiger partial charge in [0.05, 0.1) is 5.41 Å². The molecular formula is C11H14BrNO3. The second kappa shape index (κ2) is 4.82. The average molecular weight is 288 g/mol. The Labute approximate surface area is 103 Å². The normalized spacial score (nSPS) is 13.2. The molecule has 88 valence electrons. The number of carbonyl (C=O) groups is 1. The van der Waals surface area contributed by atoms with Gasteiger partial charge in [-0.05, 0) is 42.8 Å². The molecule has 1 heterocycles. The summed E-state index contributed by atoms with van der Waals surface area (Å²) in [6, 6.07) is 3.49. The van der Waals surface area contributed by atoms with Crippen molar-refractivity contribution in [1.29, 1.82) is 0 Å². The summed E-state index contributed by atoms with van der Waals surface area (Å²) in [5.41, 5.74) is -0.950. The summed E-state index contributed by atoms with van der Waals surface area (Å²) in [6.45, 7) is 4.97. The summed E-state index contributed by atoms with van der Waals surface area (Å²) in [5, 5.41) is 9.03. The minimum atomic E-state index is -0.950. The van der Waals surface area contributed by atoms with E-state index in [1.54, 1.807) is 39.1 Å². The van der Waals surface area contributed by atoms with E-state index in [1.165, 1.54) is 0 Å². The first-order chi connectivity index (χ1) is 7.34. The summed E-state index contributed by atoms with van der Waals surface area (Å²) in [7, 11) is 0. The van der Waals surface area contributed by atoms with Crippen LogP contribution in [0.4, 0.5) is 0 Å². The highest BCUT2D eigenvalue weighted by atomic mass is 79.9. The van der Waals surface area contributed by atoms with Crippen LogP contribution in [0.3, 0.4) is 0 Å². The SMILES string of the molecule is CC(Oc1ccc(Br)cn1)C(C)(C)C(=O)O. The first kappa shape index (κ1) is 13.0. The Morgan fingerprint density at radius 2 is 2.19 bits per heavy atom. The molecule has 1 aromatic rings. The van der Waals surface area contributed by atoms with Crippen LogP contribution in [-0.2, 0) is 4.79 Å². The van der Waals surface area contributed by atoms with Crippen molar-refractivity contribution in [2.45, 2.75) is 26.9 Å². The smallest absolute Gasteiger partial charge is 0.312 e. The monoisotopic (exact) mass is 287 g/mol. The van der Waals surface area contributed by atoms with Crippen molar-refractivity contribution in [2.24, 2.45) is 5.41 Å². The number of pyridine rings is 1. The van der Waals surface area contributed by atoms with Crippen LogP contribution in [0, 0.1) is 5.41 Å². The topological polar surface area (TPSA) is 59.4 Å². The van der Waals surface area contributed by atoms with Gasteiger partial charge in [0.25, 0.3) is 0 Å². The Kier molecular flexibility index (Phi) is 3.91. The van der Waals surface area contributed by atoms with Gasteiger partial charge >= 0.3 is 5.97 Å². The number of aliphatic carboxylic acids is 1. The van der Waals surface area contributed by atoms with E-state index >= 15 is 0 Å². The number of aromatic nitrogens is 1. The molecule has 1 atom stereocenters. The molecule has 0 fully saturated rings. The maximum Gasteiger partial charge on any atom is 0.312 e. The molecule has 0 bridgehead atoms. The molecule has 0 aliphatic carbocycles. The van der Waals surface area contributed by atoms with Gasteiger partial charge < -0.3 is 9.84 Å². The summed E-state index contributed by atoms with van der Waals surface area (Å²) in [5.74, 6) is -0.470. The van der Waals surface area contributed by atoms with Gasteiger partial charge in [0, 0.05) is 16.7 Å². The predicted octanol–water partition coefficient (Wildman–Crippen LogP) is 2.72. The van der Waals surface area contributed by atoms with Crippen LogP contribution >= 0.6 is 15.9 Å². The highest BCUT2D eigenvalue weighted by Crippen LogP contribution is 2.25. The van der Waals surface area contributed by atoms with Gasteiger partial charge in [0.2, 0.25) is 5.88 Å². The van der Waals surface area contributed by atoms with E-state index in [1.807, 2.05) is 0 Å². The maximum atomic E-state index is 11.0. The Morgan fingerprint density at radius 3 is 2.62 bits per heavy atom. The lowest BCUT2D eigenvalue weighted by molar-refractivity contribution is -0.151. The molecule has 1 N–H and O–H groups in total. The highest BCUT2D eigenvalue weighted by molar-refractivity contribution is 9.10. The van der Waals surface area contributed by atoms with Crippen LogP contribution in [0.25, 0.3) is 0 Å². The molecule has 4 nitrogen and oxygen atoms in total. The van der Waals surface area contributed by atoms with E-state index in [2.05, 4.69) is 20.9 Å². The number of carboxylic acid groups (broad SMARTS) is 1. The van der Waals surface area contributed by atoms with Crippen molar-refractivity contribution in [3.8, 4) is 5.88 Å². The molecule has 1 rings (SSSR count). The summed E-state index contributed by atoms with van der Waals surface area (Å²) >= 11 is 3.26.